The van der Waals surface area contributed by atoms with E-state index in [-0.39, 0.29) is 12.0 Å². The number of likely N-dealkylation sites (tertiary alicyclic amines) is 2. The smallest absolute Gasteiger partial charge is 0.414 e. The lowest BCUT2D eigenvalue weighted by Gasteiger charge is -2.41. The highest BCUT2D eigenvalue weighted by atomic mass is 32.1. The zero-order chi connectivity index (χ0) is 26.1. The van der Waals surface area contributed by atoms with Gasteiger partial charge in [-0.1, -0.05) is 17.4 Å². The maximum atomic E-state index is 13.1. The molecule has 2 N–H and O–H groups in total. The second kappa shape index (κ2) is 13.1. The van der Waals surface area contributed by atoms with E-state index in [0.717, 1.165) is 57.1 Å². The maximum Gasteiger partial charge on any atom is 0.414 e. The van der Waals surface area contributed by atoms with Gasteiger partial charge in [0, 0.05) is 43.8 Å². The lowest BCUT2D eigenvalue weighted by Crippen LogP contribution is -2.50. The van der Waals surface area contributed by atoms with Gasteiger partial charge in [-0.05, 0) is 37.8 Å². The van der Waals surface area contributed by atoms with Gasteiger partial charge < -0.3 is 29.3 Å². The van der Waals surface area contributed by atoms with Crippen LogP contribution in [0.5, 0.6) is 16.7 Å². The molecule has 1 aromatic carbocycles. The number of methoxy groups -OCH3 is 2. The van der Waals surface area contributed by atoms with E-state index in [2.05, 4.69) is 9.88 Å². The number of aliphatic carboxylic acids is 2. The summed E-state index contributed by atoms with van der Waals surface area (Å²) in [4.78, 5) is 40.0. The molecule has 0 spiro atoms. The van der Waals surface area contributed by atoms with Crippen LogP contribution in [0.15, 0.2) is 29.8 Å². The van der Waals surface area contributed by atoms with E-state index >= 15 is 0 Å². The fraction of sp³-hybridized carbons (Fsp3) is 0.500. The van der Waals surface area contributed by atoms with Crippen LogP contribution in [-0.2, 0) is 9.59 Å². The molecule has 1 aromatic heterocycles. The topological polar surface area (TPSA) is 139 Å². The van der Waals surface area contributed by atoms with Crippen molar-refractivity contribution in [3.8, 4) is 16.7 Å². The van der Waals surface area contributed by atoms with Crippen molar-refractivity contribution in [2.24, 2.45) is 0 Å². The van der Waals surface area contributed by atoms with Gasteiger partial charge in [0.05, 0.1) is 19.8 Å². The van der Waals surface area contributed by atoms with E-state index in [1.165, 1.54) is 0 Å². The minimum absolute atomic E-state index is 0.0137. The van der Waals surface area contributed by atoms with Crippen LogP contribution in [0.3, 0.4) is 0 Å². The molecule has 0 radical (unpaired) electrons. The van der Waals surface area contributed by atoms with Crippen LogP contribution in [0.1, 0.15) is 36.0 Å². The SMILES string of the molecule is COc1cccc(C(=O)N2CCC(N3CCC(Oc4nccs4)CC3)CC2)c1OC.O=C(O)C(=O)O. The number of para-hydroxylation sites is 1. The molecule has 2 fully saturated rings. The Hall–Kier alpha value is -3.38. The van der Waals surface area contributed by atoms with Gasteiger partial charge in [0.1, 0.15) is 6.10 Å². The minimum atomic E-state index is -1.82. The van der Waals surface area contributed by atoms with Crippen molar-refractivity contribution in [2.45, 2.75) is 37.8 Å². The van der Waals surface area contributed by atoms with Gasteiger partial charge in [-0.15, -0.1) is 0 Å². The van der Waals surface area contributed by atoms with Gasteiger partial charge in [0.2, 0.25) is 0 Å². The Balaban J connectivity index is 0.000000538. The molecule has 0 unspecified atom stereocenters. The van der Waals surface area contributed by atoms with Crippen LogP contribution < -0.4 is 14.2 Å². The van der Waals surface area contributed by atoms with E-state index in [1.807, 2.05) is 28.5 Å². The zero-order valence-corrected chi connectivity index (χ0v) is 21.1. The Morgan fingerprint density at radius 2 is 1.64 bits per heavy atom. The Morgan fingerprint density at radius 3 is 2.17 bits per heavy atom. The number of rotatable bonds is 6. The average molecular weight is 522 g/mol. The first kappa shape index (κ1) is 27.2. The summed E-state index contributed by atoms with van der Waals surface area (Å²) < 4.78 is 16.8. The number of benzene rings is 1. The van der Waals surface area contributed by atoms with Gasteiger partial charge in [-0.2, -0.15) is 0 Å². The van der Waals surface area contributed by atoms with Crippen molar-refractivity contribution in [1.82, 2.24) is 14.8 Å². The highest BCUT2D eigenvalue weighted by molar-refractivity contribution is 7.11. The molecule has 0 bridgehead atoms. The van der Waals surface area contributed by atoms with Crippen LogP contribution in [0.25, 0.3) is 0 Å². The molecule has 2 aromatic rings. The molecule has 0 saturated carbocycles. The fourth-order valence-corrected chi connectivity index (χ4v) is 4.98. The molecule has 2 aliphatic heterocycles. The van der Waals surface area contributed by atoms with Gasteiger partial charge in [-0.25, -0.2) is 14.6 Å². The number of aromatic nitrogens is 1. The summed E-state index contributed by atoms with van der Waals surface area (Å²) in [7, 11) is 3.16. The quantitative estimate of drug-likeness (QED) is 0.545. The van der Waals surface area contributed by atoms with Crippen molar-refractivity contribution < 1.29 is 38.8 Å². The van der Waals surface area contributed by atoms with Crippen molar-refractivity contribution in [3.63, 3.8) is 0 Å². The van der Waals surface area contributed by atoms with Crippen molar-refractivity contribution >= 4 is 29.2 Å². The van der Waals surface area contributed by atoms with Gasteiger partial charge in [0.25, 0.3) is 11.1 Å². The summed E-state index contributed by atoms with van der Waals surface area (Å²) in [5.74, 6) is -2.54. The third-order valence-electron chi connectivity index (χ3n) is 6.24. The van der Waals surface area contributed by atoms with Crippen molar-refractivity contribution in [3.05, 3.63) is 35.3 Å². The summed E-state index contributed by atoms with van der Waals surface area (Å²) in [5, 5.41) is 17.5. The van der Waals surface area contributed by atoms with E-state index in [4.69, 9.17) is 34.0 Å². The number of hydrogen-bond acceptors (Lipinski definition) is 9. The molecule has 12 heteroatoms. The molecule has 0 aliphatic carbocycles. The summed E-state index contributed by atoms with van der Waals surface area (Å²) in [5.41, 5.74) is 0.565. The van der Waals surface area contributed by atoms with Crippen molar-refractivity contribution in [1.29, 1.82) is 0 Å². The molecule has 1 amide bonds. The van der Waals surface area contributed by atoms with E-state index in [1.54, 1.807) is 31.8 Å². The number of ether oxygens (including phenoxy) is 3. The van der Waals surface area contributed by atoms with E-state index in [9.17, 15) is 4.79 Å². The molecule has 0 atom stereocenters. The van der Waals surface area contributed by atoms with Crippen LogP contribution >= 0.6 is 11.3 Å². The lowest BCUT2D eigenvalue weighted by molar-refractivity contribution is -0.159. The number of piperidine rings is 2. The molecule has 2 aliphatic rings. The first-order valence-corrected chi connectivity index (χ1v) is 12.5. The van der Waals surface area contributed by atoms with Crippen LogP contribution in [0, 0.1) is 0 Å². The van der Waals surface area contributed by atoms with Crippen molar-refractivity contribution in [2.75, 3.05) is 40.4 Å². The second-order valence-corrected chi connectivity index (χ2v) is 9.18. The Bertz CT molecular complexity index is 1000. The Labute approximate surface area is 213 Å². The number of amides is 1. The number of carbonyl (C=O) groups is 3. The van der Waals surface area contributed by atoms with Gasteiger partial charge in [-0.3, -0.25) is 9.69 Å². The molecule has 3 heterocycles. The number of thiazole rings is 1. The van der Waals surface area contributed by atoms with Gasteiger partial charge >= 0.3 is 11.9 Å². The third kappa shape index (κ3) is 7.08. The van der Waals surface area contributed by atoms with E-state index < -0.39 is 11.9 Å². The summed E-state index contributed by atoms with van der Waals surface area (Å²) in [6.07, 6.45) is 6.09. The summed E-state index contributed by atoms with van der Waals surface area (Å²) in [6, 6.07) is 5.98. The Morgan fingerprint density at radius 1 is 0.972 bits per heavy atom. The monoisotopic (exact) mass is 521 g/mol. The third-order valence-corrected chi connectivity index (χ3v) is 6.90. The molecule has 36 heavy (non-hydrogen) atoms. The highest BCUT2D eigenvalue weighted by Gasteiger charge is 2.31. The number of carboxylic acids is 2. The number of hydrogen-bond donors (Lipinski definition) is 2. The number of carboxylic acid groups (broad SMARTS) is 2. The Kier molecular flexibility index (Phi) is 9.88. The molecule has 196 valence electrons. The van der Waals surface area contributed by atoms with Crippen LogP contribution in [0.4, 0.5) is 0 Å². The van der Waals surface area contributed by atoms with E-state index in [0.29, 0.717) is 23.1 Å². The largest absolute Gasteiger partial charge is 0.493 e. The van der Waals surface area contributed by atoms with Gasteiger partial charge in [0.15, 0.2) is 11.5 Å². The molecule has 2 saturated heterocycles. The average Bonchev–Trinajstić information content (AvgIpc) is 3.41. The number of nitrogens with zero attached hydrogens (tertiary/aromatic N) is 3. The molecular formula is C24H31N3O8S. The first-order valence-electron chi connectivity index (χ1n) is 11.6. The van der Waals surface area contributed by atoms with Crippen LogP contribution in [0.2, 0.25) is 0 Å². The normalized spacial score (nSPS) is 17.0. The lowest BCUT2D eigenvalue weighted by atomic mass is 9.98. The molecular weight excluding hydrogens is 490 g/mol. The maximum absolute atomic E-state index is 13.1. The highest BCUT2D eigenvalue weighted by Crippen LogP contribution is 2.32. The molecule has 11 nitrogen and oxygen atoms in total. The fourth-order valence-electron chi connectivity index (χ4n) is 4.43. The predicted molar refractivity (Wildman–Crippen MR) is 131 cm³/mol. The minimum Gasteiger partial charge on any atom is -0.493 e. The number of carbonyl (C=O) groups excluding carboxylic acids is 1. The second-order valence-electron chi connectivity index (χ2n) is 8.33. The molecule has 4 rings (SSSR count). The first-order chi connectivity index (χ1) is 17.3. The zero-order valence-electron chi connectivity index (χ0n) is 20.3. The summed E-state index contributed by atoms with van der Waals surface area (Å²) >= 11 is 1.55. The van der Waals surface area contributed by atoms with Crippen LogP contribution in [-0.4, -0.2) is 95.4 Å². The summed E-state index contributed by atoms with van der Waals surface area (Å²) in [6.45, 7) is 3.61. The standard InChI is InChI=1S/C22H29N3O4S.C2H2O4/c1-27-19-5-3-4-18(20(19)28-2)21(26)25-11-6-16(7-12-25)24-13-8-17(9-14-24)29-22-23-10-15-30-22;3-1(4)2(5)6/h3-5,10,15-17H,6-9,11-14H2,1-2H3;(H,3,4)(H,5,6). The predicted octanol–water partition coefficient (Wildman–Crippen LogP) is 2.46.